The molecule has 0 saturated heterocycles. The maximum atomic E-state index is 11.8. The van der Waals surface area contributed by atoms with E-state index in [0.717, 1.165) is 50.4 Å². The lowest BCUT2D eigenvalue weighted by molar-refractivity contribution is 0.171. The van der Waals surface area contributed by atoms with Crippen molar-refractivity contribution in [3.8, 4) is 40.2 Å². The second kappa shape index (κ2) is 14.7. The summed E-state index contributed by atoms with van der Waals surface area (Å²) in [7, 11) is -2.29. The maximum absolute atomic E-state index is 11.8. The van der Waals surface area contributed by atoms with Gasteiger partial charge in [-0.1, -0.05) is 36.4 Å². The van der Waals surface area contributed by atoms with Crippen molar-refractivity contribution in [2.75, 3.05) is 26.8 Å². The molecule has 252 valence electrons. The molecule has 9 nitrogen and oxygen atoms in total. The first-order valence-corrected chi connectivity index (χ1v) is 17.3. The van der Waals surface area contributed by atoms with E-state index in [-0.39, 0.29) is 13.0 Å². The van der Waals surface area contributed by atoms with Crippen LogP contribution in [0.5, 0.6) is 23.0 Å². The van der Waals surface area contributed by atoms with Crippen LogP contribution in [0.15, 0.2) is 72.8 Å². The summed E-state index contributed by atoms with van der Waals surface area (Å²) in [6.07, 6.45) is 0.254. The molecule has 48 heavy (non-hydrogen) atoms. The van der Waals surface area contributed by atoms with Crippen molar-refractivity contribution in [1.29, 1.82) is 5.26 Å². The van der Waals surface area contributed by atoms with Gasteiger partial charge in [-0.3, -0.25) is 4.55 Å². The number of fused-ring (bicyclic) bond motifs is 1. The average molecular weight is 671 g/mol. The number of ether oxygens (including phenoxy) is 4. The van der Waals surface area contributed by atoms with Gasteiger partial charge in [0, 0.05) is 18.2 Å². The summed E-state index contributed by atoms with van der Waals surface area (Å²) in [5.41, 5.74) is 7.52. The third-order valence-electron chi connectivity index (χ3n) is 8.72. The van der Waals surface area contributed by atoms with Gasteiger partial charge in [0.2, 0.25) is 0 Å². The molecule has 0 aliphatic carbocycles. The van der Waals surface area contributed by atoms with E-state index in [1.807, 2.05) is 67.4 Å². The molecule has 1 N–H and O–H groups in total. The number of benzene rings is 4. The van der Waals surface area contributed by atoms with Crippen LogP contribution in [-0.2, 0) is 29.9 Å². The monoisotopic (exact) mass is 670 g/mol. The van der Waals surface area contributed by atoms with Crippen LogP contribution in [0.1, 0.15) is 53.6 Å². The molecule has 0 atom stereocenters. The van der Waals surface area contributed by atoms with E-state index in [1.54, 1.807) is 12.1 Å². The molecule has 0 amide bonds. The standard InChI is InChI=1S/C38H42N2O7S/c1-26-18-32(23-40(5)15-14-38(3,4)48(41,42)43)36(46-24-29-9-6-8-28(19-29)22-39)21-35(26)47-25-31-10-7-11-33(27(31)2)30-12-13-34-37(20-30)45-17-16-44-34/h6-13,18-21H,14-17,23-25H2,1-5H3,(H,41,42,43). The fourth-order valence-corrected chi connectivity index (χ4v) is 5.86. The van der Waals surface area contributed by atoms with Crippen LogP contribution in [0, 0.1) is 25.2 Å². The van der Waals surface area contributed by atoms with Crippen LogP contribution in [0.25, 0.3) is 11.1 Å². The molecule has 4 aromatic carbocycles. The van der Waals surface area contributed by atoms with Gasteiger partial charge in [-0.25, -0.2) is 0 Å². The number of rotatable bonds is 13. The summed E-state index contributed by atoms with van der Waals surface area (Å²) in [5.74, 6) is 2.81. The number of nitriles is 1. The SMILES string of the molecule is Cc1cc(CN(C)CCC(C)(C)S(=O)(=O)O)c(OCc2cccc(C#N)c2)cc1OCc1cccc(-c2ccc3c(c2)OCCO3)c1C. The molecule has 1 heterocycles. The molecule has 4 aromatic rings. The highest BCUT2D eigenvalue weighted by Crippen LogP contribution is 2.37. The van der Waals surface area contributed by atoms with Gasteiger partial charge < -0.3 is 23.8 Å². The fourth-order valence-electron chi connectivity index (χ4n) is 5.51. The van der Waals surface area contributed by atoms with Gasteiger partial charge in [-0.15, -0.1) is 0 Å². The molecule has 10 heteroatoms. The largest absolute Gasteiger partial charge is 0.488 e. The summed E-state index contributed by atoms with van der Waals surface area (Å²) in [6, 6.07) is 25.6. The summed E-state index contributed by atoms with van der Waals surface area (Å²) < 4.78 is 56.3. The van der Waals surface area contributed by atoms with Gasteiger partial charge in [0.25, 0.3) is 10.1 Å². The Hall–Kier alpha value is -4.56. The average Bonchev–Trinajstić information content (AvgIpc) is 3.06. The highest BCUT2D eigenvalue weighted by molar-refractivity contribution is 7.87. The molecule has 0 spiro atoms. The Morgan fingerprint density at radius 1 is 0.896 bits per heavy atom. The molecule has 0 radical (unpaired) electrons. The van der Waals surface area contributed by atoms with Crippen molar-refractivity contribution in [2.45, 2.75) is 58.6 Å². The molecule has 5 rings (SSSR count). The molecule has 1 aliphatic rings. The van der Waals surface area contributed by atoms with Gasteiger partial charge in [0.05, 0.1) is 16.4 Å². The van der Waals surface area contributed by atoms with Crippen molar-refractivity contribution < 1.29 is 31.9 Å². The van der Waals surface area contributed by atoms with Crippen LogP contribution in [0.4, 0.5) is 0 Å². The normalized spacial score (nSPS) is 12.9. The molecule has 0 saturated carbocycles. The number of hydrogen-bond acceptors (Lipinski definition) is 8. The second-order valence-electron chi connectivity index (χ2n) is 12.8. The van der Waals surface area contributed by atoms with Crippen molar-refractivity contribution in [1.82, 2.24) is 4.90 Å². The highest BCUT2D eigenvalue weighted by atomic mass is 32.2. The Kier molecular flexibility index (Phi) is 10.6. The molecule has 0 aromatic heterocycles. The summed E-state index contributed by atoms with van der Waals surface area (Å²) in [6.45, 7) is 9.70. The second-order valence-corrected chi connectivity index (χ2v) is 14.8. The number of hydrogen-bond donors (Lipinski definition) is 1. The third kappa shape index (κ3) is 8.29. The quantitative estimate of drug-likeness (QED) is 0.147. The molecule has 0 unspecified atom stereocenters. The molecule has 1 aliphatic heterocycles. The van der Waals surface area contributed by atoms with Crippen molar-refractivity contribution in [2.24, 2.45) is 0 Å². The van der Waals surface area contributed by atoms with Crippen LogP contribution in [0.3, 0.4) is 0 Å². The van der Waals surface area contributed by atoms with E-state index < -0.39 is 14.9 Å². The zero-order valence-corrected chi connectivity index (χ0v) is 28.9. The van der Waals surface area contributed by atoms with Gasteiger partial charge in [0.1, 0.15) is 37.9 Å². The predicted molar refractivity (Wildman–Crippen MR) is 185 cm³/mol. The van der Waals surface area contributed by atoms with Crippen molar-refractivity contribution in [3.05, 3.63) is 106 Å². The van der Waals surface area contributed by atoms with Crippen LogP contribution in [-0.4, -0.2) is 49.4 Å². The third-order valence-corrected chi connectivity index (χ3v) is 10.3. The lowest BCUT2D eigenvalue weighted by Gasteiger charge is -2.25. The Bertz CT molecular complexity index is 1930. The first-order valence-electron chi connectivity index (χ1n) is 15.9. The van der Waals surface area contributed by atoms with Crippen LogP contribution >= 0.6 is 0 Å². The van der Waals surface area contributed by atoms with Crippen LogP contribution in [0.2, 0.25) is 0 Å². The van der Waals surface area contributed by atoms with E-state index in [4.69, 9.17) is 18.9 Å². The smallest absolute Gasteiger partial charge is 0.270 e. The summed E-state index contributed by atoms with van der Waals surface area (Å²) in [5, 5.41) is 9.34. The number of nitrogens with zero attached hydrogens (tertiary/aromatic N) is 2. The van der Waals surface area contributed by atoms with E-state index in [1.165, 1.54) is 13.8 Å². The first-order chi connectivity index (χ1) is 22.8. The van der Waals surface area contributed by atoms with E-state index in [2.05, 4.69) is 25.1 Å². The Morgan fingerprint density at radius 2 is 1.62 bits per heavy atom. The molecule has 0 bridgehead atoms. The van der Waals surface area contributed by atoms with E-state index in [9.17, 15) is 18.2 Å². The summed E-state index contributed by atoms with van der Waals surface area (Å²) >= 11 is 0. The predicted octanol–water partition coefficient (Wildman–Crippen LogP) is 7.26. The minimum atomic E-state index is -4.19. The van der Waals surface area contributed by atoms with Gasteiger partial charge >= 0.3 is 0 Å². The zero-order valence-electron chi connectivity index (χ0n) is 28.1. The molecular formula is C38H42N2O7S. The highest BCUT2D eigenvalue weighted by Gasteiger charge is 2.32. The first kappa shape index (κ1) is 34.8. The Balaban J connectivity index is 1.37. The van der Waals surface area contributed by atoms with Gasteiger partial charge in [0.15, 0.2) is 11.5 Å². The fraction of sp³-hybridized carbons (Fsp3) is 0.342. The number of aryl methyl sites for hydroxylation is 1. The maximum Gasteiger partial charge on any atom is 0.270 e. The topological polar surface area (TPSA) is 118 Å². The molecule has 0 fully saturated rings. The Morgan fingerprint density at radius 3 is 2.38 bits per heavy atom. The van der Waals surface area contributed by atoms with Gasteiger partial charge in [-0.05, 0) is 111 Å². The van der Waals surface area contributed by atoms with Crippen LogP contribution < -0.4 is 18.9 Å². The van der Waals surface area contributed by atoms with E-state index in [0.29, 0.717) is 50.0 Å². The molecular weight excluding hydrogens is 628 g/mol. The van der Waals surface area contributed by atoms with Gasteiger partial charge in [-0.2, -0.15) is 13.7 Å². The van der Waals surface area contributed by atoms with Crippen molar-refractivity contribution >= 4 is 10.1 Å². The minimum absolute atomic E-state index is 0.251. The Labute approximate surface area is 283 Å². The van der Waals surface area contributed by atoms with E-state index >= 15 is 0 Å². The zero-order chi connectivity index (χ0) is 34.5. The lowest BCUT2D eigenvalue weighted by Crippen LogP contribution is -2.35. The van der Waals surface area contributed by atoms with Crippen molar-refractivity contribution in [3.63, 3.8) is 0 Å². The summed E-state index contributed by atoms with van der Waals surface area (Å²) in [4.78, 5) is 2.00. The minimum Gasteiger partial charge on any atom is -0.488 e. The lowest BCUT2D eigenvalue weighted by atomic mass is 9.96.